The van der Waals surface area contributed by atoms with Gasteiger partial charge >= 0.3 is 6.03 Å². The van der Waals surface area contributed by atoms with Crippen LogP contribution in [0.5, 0.6) is 0 Å². The Balaban J connectivity index is 1.96. The Morgan fingerprint density at radius 3 is 2.32 bits per heavy atom. The molecule has 1 atom stereocenters. The van der Waals surface area contributed by atoms with Crippen LogP contribution in [0.2, 0.25) is 0 Å². The van der Waals surface area contributed by atoms with E-state index in [0.717, 1.165) is 17.7 Å². The van der Waals surface area contributed by atoms with Crippen LogP contribution in [0.25, 0.3) is 0 Å². The molecule has 0 aliphatic rings. The number of amides is 3. The van der Waals surface area contributed by atoms with Crippen molar-refractivity contribution in [1.82, 2.24) is 10.8 Å². The fourth-order valence-electron chi connectivity index (χ4n) is 2.10. The summed E-state index contributed by atoms with van der Waals surface area (Å²) >= 11 is 0. The van der Waals surface area contributed by atoms with Crippen LogP contribution in [0.1, 0.15) is 28.9 Å². The van der Waals surface area contributed by atoms with Gasteiger partial charge in [0.2, 0.25) is 0 Å². The summed E-state index contributed by atoms with van der Waals surface area (Å²) in [5.41, 5.74) is 3.50. The van der Waals surface area contributed by atoms with E-state index in [-0.39, 0.29) is 17.6 Å². The number of hydrogen-bond acceptors (Lipinski definition) is 3. The molecule has 6 nitrogen and oxygen atoms in total. The zero-order valence-electron chi connectivity index (χ0n) is 13.6. The number of halogens is 2. The molecule has 1 unspecified atom stereocenters. The highest BCUT2D eigenvalue weighted by molar-refractivity contribution is 5.93. The molecule has 2 aromatic carbocycles. The van der Waals surface area contributed by atoms with Crippen molar-refractivity contribution in [2.45, 2.75) is 13.0 Å². The summed E-state index contributed by atoms with van der Waals surface area (Å²) in [7, 11) is 1.34. The van der Waals surface area contributed by atoms with E-state index in [2.05, 4.69) is 21.0 Å². The second kappa shape index (κ2) is 8.20. The summed E-state index contributed by atoms with van der Waals surface area (Å²) in [4.78, 5) is 28.1. The minimum atomic E-state index is -1.05. The van der Waals surface area contributed by atoms with Crippen LogP contribution in [0, 0.1) is 11.6 Å². The lowest BCUT2D eigenvalue weighted by molar-refractivity contribution is 0.0537. The highest BCUT2D eigenvalue weighted by atomic mass is 19.2. The van der Waals surface area contributed by atoms with E-state index in [4.69, 9.17) is 0 Å². The molecule has 8 heteroatoms. The molecular formula is C17H17F2N3O3. The Bertz CT molecular complexity index is 766. The zero-order valence-corrected chi connectivity index (χ0v) is 13.6. The van der Waals surface area contributed by atoms with Crippen molar-refractivity contribution in [1.29, 1.82) is 0 Å². The van der Waals surface area contributed by atoms with Crippen LogP contribution in [0.4, 0.5) is 19.3 Å². The number of nitrogens with one attached hydrogen (secondary N) is 3. The lowest BCUT2D eigenvalue weighted by Gasteiger charge is -2.15. The molecule has 0 aliphatic carbocycles. The molecule has 0 radical (unpaired) electrons. The lowest BCUT2D eigenvalue weighted by Crippen LogP contribution is -2.31. The van der Waals surface area contributed by atoms with Gasteiger partial charge in [-0.3, -0.25) is 9.63 Å². The highest BCUT2D eigenvalue weighted by Gasteiger charge is 2.12. The number of hydroxylamine groups is 1. The normalized spacial score (nSPS) is 11.5. The van der Waals surface area contributed by atoms with Crippen molar-refractivity contribution >= 4 is 17.6 Å². The van der Waals surface area contributed by atoms with Gasteiger partial charge in [0.1, 0.15) is 0 Å². The number of anilines is 1. The summed E-state index contributed by atoms with van der Waals surface area (Å²) < 4.78 is 26.0. The SMILES string of the molecule is CONC(=O)c1ccc(C(C)NC(=O)Nc2ccc(F)c(F)c2)cc1. The quantitative estimate of drug-likeness (QED) is 0.726. The minimum absolute atomic E-state index is 0.134. The van der Waals surface area contributed by atoms with E-state index in [1.54, 1.807) is 31.2 Å². The monoisotopic (exact) mass is 349 g/mol. The van der Waals surface area contributed by atoms with Crippen LogP contribution < -0.4 is 16.1 Å². The average molecular weight is 349 g/mol. The molecule has 0 spiro atoms. The molecule has 2 aromatic rings. The number of carbonyl (C=O) groups is 2. The van der Waals surface area contributed by atoms with Crippen molar-refractivity contribution in [3.8, 4) is 0 Å². The Hall–Kier alpha value is -3.00. The smallest absolute Gasteiger partial charge is 0.319 e. The molecule has 3 N–H and O–H groups in total. The molecule has 25 heavy (non-hydrogen) atoms. The van der Waals surface area contributed by atoms with E-state index in [0.29, 0.717) is 5.56 Å². The average Bonchev–Trinajstić information content (AvgIpc) is 2.58. The van der Waals surface area contributed by atoms with Gasteiger partial charge in [-0.2, -0.15) is 0 Å². The summed E-state index contributed by atoms with van der Waals surface area (Å²) in [6, 6.07) is 8.70. The fraction of sp³-hybridized carbons (Fsp3) is 0.176. The minimum Gasteiger partial charge on any atom is -0.331 e. The van der Waals surface area contributed by atoms with Gasteiger partial charge in [-0.05, 0) is 36.8 Å². The van der Waals surface area contributed by atoms with Gasteiger partial charge in [0, 0.05) is 17.3 Å². The Kier molecular flexibility index (Phi) is 6.02. The van der Waals surface area contributed by atoms with Gasteiger partial charge in [-0.1, -0.05) is 12.1 Å². The van der Waals surface area contributed by atoms with E-state index in [9.17, 15) is 18.4 Å². The van der Waals surface area contributed by atoms with E-state index in [1.807, 2.05) is 0 Å². The number of hydrogen-bond donors (Lipinski definition) is 3. The Labute approximate surface area is 143 Å². The molecule has 2 rings (SSSR count). The molecular weight excluding hydrogens is 332 g/mol. The van der Waals surface area contributed by atoms with Crippen molar-refractivity contribution in [2.24, 2.45) is 0 Å². The lowest BCUT2D eigenvalue weighted by atomic mass is 10.1. The molecule has 0 saturated heterocycles. The largest absolute Gasteiger partial charge is 0.331 e. The van der Waals surface area contributed by atoms with Gasteiger partial charge in [0.05, 0.1) is 13.2 Å². The Morgan fingerprint density at radius 2 is 1.72 bits per heavy atom. The maximum absolute atomic E-state index is 13.1. The third-order valence-corrected chi connectivity index (χ3v) is 3.39. The molecule has 0 saturated carbocycles. The van der Waals surface area contributed by atoms with Gasteiger partial charge in [-0.15, -0.1) is 0 Å². The van der Waals surface area contributed by atoms with E-state index >= 15 is 0 Å². The third kappa shape index (κ3) is 4.98. The van der Waals surface area contributed by atoms with Crippen molar-refractivity contribution < 1.29 is 23.2 Å². The summed E-state index contributed by atoms with van der Waals surface area (Å²) in [5.74, 6) is -2.42. The molecule has 0 aromatic heterocycles. The predicted molar refractivity (Wildman–Crippen MR) is 87.8 cm³/mol. The first-order chi connectivity index (χ1) is 11.9. The van der Waals surface area contributed by atoms with Crippen molar-refractivity contribution in [2.75, 3.05) is 12.4 Å². The summed E-state index contributed by atoms with van der Waals surface area (Å²) in [6.07, 6.45) is 0. The maximum atomic E-state index is 13.1. The number of rotatable bonds is 5. The molecule has 0 fully saturated rings. The third-order valence-electron chi connectivity index (χ3n) is 3.39. The molecule has 0 aliphatic heterocycles. The van der Waals surface area contributed by atoms with Crippen LogP contribution in [0.15, 0.2) is 42.5 Å². The topological polar surface area (TPSA) is 79.5 Å². The van der Waals surface area contributed by atoms with Crippen LogP contribution in [0.3, 0.4) is 0 Å². The number of carbonyl (C=O) groups excluding carboxylic acids is 2. The zero-order chi connectivity index (χ0) is 18.4. The van der Waals surface area contributed by atoms with E-state index < -0.39 is 17.7 Å². The first-order valence-electron chi connectivity index (χ1n) is 7.36. The first-order valence-corrected chi connectivity index (χ1v) is 7.36. The number of urea groups is 1. The van der Waals surface area contributed by atoms with E-state index in [1.165, 1.54) is 13.2 Å². The summed E-state index contributed by atoms with van der Waals surface area (Å²) in [6.45, 7) is 1.75. The highest BCUT2D eigenvalue weighted by Crippen LogP contribution is 2.15. The second-order valence-electron chi connectivity index (χ2n) is 5.21. The predicted octanol–water partition coefficient (Wildman–Crippen LogP) is 3.14. The van der Waals surface area contributed by atoms with Gasteiger partial charge in [0.25, 0.3) is 5.91 Å². The molecule has 132 valence electrons. The molecule has 3 amide bonds. The first kappa shape index (κ1) is 18.3. The maximum Gasteiger partial charge on any atom is 0.319 e. The standard InChI is InChI=1S/C17H17F2N3O3/c1-10(11-3-5-12(6-4-11)16(23)22-25-2)20-17(24)21-13-7-8-14(18)15(19)9-13/h3-10H,1-2H3,(H,22,23)(H2,20,21,24). The number of benzene rings is 2. The molecule has 0 heterocycles. The summed E-state index contributed by atoms with van der Waals surface area (Å²) in [5, 5.41) is 5.08. The van der Waals surface area contributed by atoms with Crippen molar-refractivity contribution in [3.63, 3.8) is 0 Å². The molecule has 0 bridgehead atoms. The van der Waals surface area contributed by atoms with Gasteiger partial charge < -0.3 is 10.6 Å². The van der Waals surface area contributed by atoms with Crippen LogP contribution >= 0.6 is 0 Å². The van der Waals surface area contributed by atoms with Gasteiger partial charge in [0.15, 0.2) is 11.6 Å². The second-order valence-corrected chi connectivity index (χ2v) is 5.21. The van der Waals surface area contributed by atoms with Crippen LogP contribution in [-0.2, 0) is 4.84 Å². The Morgan fingerprint density at radius 1 is 1.04 bits per heavy atom. The van der Waals surface area contributed by atoms with Crippen LogP contribution in [-0.4, -0.2) is 19.0 Å². The van der Waals surface area contributed by atoms with Crippen molar-refractivity contribution in [3.05, 3.63) is 65.2 Å². The van der Waals surface area contributed by atoms with Gasteiger partial charge in [-0.25, -0.2) is 19.1 Å². The fourth-order valence-corrected chi connectivity index (χ4v) is 2.10.